The van der Waals surface area contributed by atoms with E-state index < -0.39 is 0 Å². The standard InChI is InChI=1S/C19H30N2O2/c1-4-6-7-8-11-20-14(3)19(22)15-9-10-18-17(12-15)21-13-16(5-2)23-18/h9-10,12,14,16,20-21H,4-8,11,13H2,1-3H3. The SMILES string of the molecule is CCCCCCNC(C)C(=O)c1ccc2c(c1)NCC(CC)O2. The van der Waals surface area contributed by atoms with Crippen molar-refractivity contribution in [2.24, 2.45) is 0 Å². The minimum atomic E-state index is -0.150. The Balaban J connectivity index is 1.90. The summed E-state index contributed by atoms with van der Waals surface area (Å²) < 4.78 is 5.89. The molecule has 1 aliphatic heterocycles. The molecule has 1 aromatic rings. The van der Waals surface area contributed by atoms with Gasteiger partial charge in [0.2, 0.25) is 0 Å². The number of hydrogen-bond acceptors (Lipinski definition) is 4. The van der Waals surface area contributed by atoms with Crippen LogP contribution in [-0.4, -0.2) is 31.0 Å². The highest BCUT2D eigenvalue weighted by atomic mass is 16.5. The van der Waals surface area contributed by atoms with Gasteiger partial charge in [0.15, 0.2) is 5.78 Å². The molecule has 1 aromatic carbocycles. The van der Waals surface area contributed by atoms with Crippen LogP contribution < -0.4 is 15.4 Å². The fourth-order valence-electron chi connectivity index (χ4n) is 2.81. The van der Waals surface area contributed by atoms with E-state index in [1.807, 2.05) is 25.1 Å². The topological polar surface area (TPSA) is 50.4 Å². The molecule has 0 fully saturated rings. The number of nitrogens with one attached hydrogen (secondary N) is 2. The highest BCUT2D eigenvalue weighted by Crippen LogP contribution is 2.31. The molecule has 2 rings (SSSR count). The highest BCUT2D eigenvalue weighted by molar-refractivity contribution is 6.01. The Morgan fingerprint density at radius 3 is 2.91 bits per heavy atom. The van der Waals surface area contributed by atoms with Crippen LogP contribution in [-0.2, 0) is 0 Å². The van der Waals surface area contributed by atoms with Crippen molar-refractivity contribution >= 4 is 11.5 Å². The van der Waals surface area contributed by atoms with E-state index in [0.29, 0.717) is 0 Å². The van der Waals surface area contributed by atoms with Crippen molar-refractivity contribution in [1.29, 1.82) is 0 Å². The number of anilines is 1. The van der Waals surface area contributed by atoms with Crippen LogP contribution in [0.5, 0.6) is 5.75 Å². The number of ketones is 1. The molecule has 128 valence electrons. The molecule has 1 heterocycles. The number of ether oxygens (including phenoxy) is 1. The van der Waals surface area contributed by atoms with Crippen molar-refractivity contribution in [3.05, 3.63) is 23.8 Å². The van der Waals surface area contributed by atoms with Crippen molar-refractivity contribution in [2.45, 2.75) is 65.0 Å². The number of rotatable bonds is 9. The number of hydrogen-bond donors (Lipinski definition) is 2. The van der Waals surface area contributed by atoms with Crippen LogP contribution >= 0.6 is 0 Å². The predicted molar refractivity (Wildman–Crippen MR) is 95.6 cm³/mol. The predicted octanol–water partition coefficient (Wildman–Crippen LogP) is 4.01. The Kier molecular flexibility index (Phi) is 6.90. The van der Waals surface area contributed by atoms with Crippen LogP contribution in [0.15, 0.2) is 18.2 Å². The molecule has 0 aromatic heterocycles. The summed E-state index contributed by atoms with van der Waals surface area (Å²) in [7, 11) is 0. The number of carbonyl (C=O) groups is 1. The Bertz CT molecular complexity index is 516. The largest absolute Gasteiger partial charge is 0.486 e. The third-order valence-corrected chi connectivity index (χ3v) is 4.41. The smallest absolute Gasteiger partial charge is 0.179 e. The first kappa shape index (κ1) is 17.8. The van der Waals surface area contributed by atoms with Crippen molar-refractivity contribution in [3.63, 3.8) is 0 Å². The van der Waals surface area contributed by atoms with E-state index >= 15 is 0 Å². The van der Waals surface area contributed by atoms with Gasteiger partial charge in [-0.25, -0.2) is 0 Å². The maximum atomic E-state index is 12.5. The van der Waals surface area contributed by atoms with E-state index in [2.05, 4.69) is 24.5 Å². The summed E-state index contributed by atoms with van der Waals surface area (Å²) in [6.45, 7) is 7.96. The van der Waals surface area contributed by atoms with Crippen molar-refractivity contribution in [1.82, 2.24) is 5.32 Å². The number of carbonyl (C=O) groups excluding carboxylic acids is 1. The summed E-state index contributed by atoms with van der Waals surface area (Å²) in [6, 6.07) is 5.54. The van der Waals surface area contributed by atoms with E-state index in [9.17, 15) is 4.79 Å². The molecule has 23 heavy (non-hydrogen) atoms. The zero-order chi connectivity index (χ0) is 16.7. The number of benzene rings is 1. The summed E-state index contributed by atoms with van der Waals surface area (Å²) in [5, 5.41) is 6.70. The summed E-state index contributed by atoms with van der Waals surface area (Å²) in [5.41, 5.74) is 1.67. The van der Waals surface area contributed by atoms with Gasteiger partial charge in [0.25, 0.3) is 0 Å². The third kappa shape index (κ3) is 4.96. The number of Topliss-reactive ketones (excluding diaryl/α,β-unsaturated/α-hetero) is 1. The lowest BCUT2D eigenvalue weighted by Crippen LogP contribution is -2.35. The number of unbranched alkanes of at least 4 members (excludes halogenated alkanes) is 3. The minimum Gasteiger partial charge on any atom is -0.486 e. The van der Waals surface area contributed by atoms with Gasteiger partial charge in [-0.15, -0.1) is 0 Å². The lowest BCUT2D eigenvalue weighted by molar-refractivity contribution is 0.0951. The molecular formula is C19H30N2O2. The van der Waals surface area contributed by atoms with Gasteiger partial charge in [-0.2, -0.15) is 0 Å². The van der Waals surface area contributed by atoms with Crippen LogP contribution in [0.2, 0.25) is 0 Å². The molecule has 2 atom stereocenters. The summed E-state index contributed by atoms with van der Waals surface area (Å²) in [5.74, 6) is 0.988. The molecule has 2 N–H and O–H groups in total. The van der Waals surface area contributed by atoms with Gasteiger partial charge in [-0.1, -0.05) is 33.1 Å². The van der Waals surface area contributed by atoms with Gasteiger partial charge >= 0.3 is 0 Å². The second-order valence-corrected chi connectivity index (χ2v) is 6.34. The van der Waals surface area contributed by atoms with Crippen LogP contribution in [0.4, 0.5) is 5.69 Å². The van der Waals surface area contributed by atoms with Gasteiger partial charge in [-0.05, 0) is 44.5 Å². The molecule has 0 amide bonds. The average molecular weight is 318 g/mol. The van der Waals surface area contributed by atoms with E-state index in [0.717, 1.165) is 42.9 Å². The molecule has 0 saturated carbocycles. The fourth-order valence-corrected chi connectivity index (χ4v) is 2.81. The first-order valence-corrected chi connectivity index (χ1v) is 8.97. The van der Waals surface area contributed by atoms with Gasteiger partial charge in [0.05, 0.1) is 18.3 Å². The first-order valence-electron chi connectivity index (χ1n) is 8.97. The van der Waals surface area contributed by atoms with Gasteiger partial charge in [0.1, 0.15) is 11.9 Å². The molecule has 0 spiro atoms. The molecule has 2 unspecified atom stereocenters. The monoisotopic (exact) mass is 318 g/mol. The molecule has 4 heteroatoms. The zero-order valence-electron chi connectivity index (χ0n) is 14.7. The van der Waals surface area contributed by atoms with Crippen LogP contribution in [0.25, 0.3) is 0 Å². The van der Waals surface area contributed by atoms with E-state index in [4.69, 9.17) is 4.74 Å². The lowest BCUT2D eigenvalue weighted by Gasteiger charge is -2.27. The van der Waals surface area contributed by atoms with Gasteiger partial charge < -0.3 is 15.4 Å². The molecular weight excluding hydrogens is 288 g/mol. The normalized spacial score (nSPS) is 17.8. The van der Waals surface area contributed by atoms with Crippen LogP contribution in [0.3, 0.4) is 0 Å². The molecule has 0 radical (unpaired) electrons. The lowest BCUT2D eigenvalue weighted by atomic mass is 10.0. The summed E-state index contributed by atoms with van der Waals surface area (Å²) in [6.07, 6.45) is 6.04. The summed E-state index contributed by atoms with van der Waals surface area (Å²) in [4.78, 5) is 12.5. The second-order valence-electron chi connectivity index (χ2n) is 6.34. The van der Waals surface area contributed by atoms with Gasteiger partial charge in [0, 0.05) is 5.56 Å². The molecule has 4 nitrogen and oxygen atoms in total. The second kappa shape index (κ2) is 8.92. The molecule has 0 saturated heterocycles. The molecule has 1 aliphatic rings. The Morgan fingerprint density at radius 2 is 2.17 bits per heavy atom. The van der Waals surface area contributed by atoms with E-state index in [-0.39, 0.29) is 17.9 Å². The van der Waals surface area contributed by atoms with E-state index in [1.165, 1.54) is 19.3 Å². The maximum absolute atomic E-state index is 12.5. The Morgan fingerprint density at radius 1 is 1.35 bits per heavy atom. The van der Waals surface area contributed by atoms with Crippen molar-refractivity contribution in [2.75, 3.05) is 18.4 Å². The number of fused-ring (bicyclic) bond motifs is 1. The first-order chi connectivity index (χ1) is 11.2. The average Bonchev–Trinajstić information content (AvgIpc) is 2.59. The van der Waals surface area contributed by atoms with Crippen LogP contribution in [0.1, 0.15) is 63.2 Å². The van der Waals surface area contributed by atoms with E-state index in [1.54, 1.807) is 0 Å². The Hall–Kier alpha value is -1.55. The van der Waals surface area contributed by atoms with Crippen molar-refractivity contribution in [3.8, 4) is 5.75 Å². The Labute approximate surface area is 140 Å². The summed E-state index contributed by atoms with van der Waals surface area (Å²) >= 11 is 0. The quantitative estimate of drug-likeness (QED) is 0.533. The maximum Gasteiger partial charge on any atom is 0.179 e. The van der Waals surface area contributed by atoms with Crippen molar-refractivity contribution < 1.29 is 9.53 Å². The minimum absolute atomic E-state index is 0.141. The molecule has 0 aliphatic carbocycles. The molecule has 0 bridgehead atoms. The fraction of sp³-hybridized carbons (Fsp3) is 0.632. The highest BCUT2D eigenvalue weighted by Gasteiger charge is 2.21. The van der Waals surface area contributed by atoms with Gasteiger partial charge in [-0.3, -0.25) is 4.79 Å². The van der Waals surface area contributed by atoms with Crippen LogP contribution in [0, 0.1) is 0 Å². The third-order valence-electron chi connectivity index (χ3n) is 4.41. The zero-order valence-corrected chi connectivity index (χ0v) is 14.7.